The largest absolute Gasteiger partial charge is 0.368 e. The van der Waals surface area contributed by atoms with E-state index in [2.05, 4.69) is 11.9 Å². The van der Waals surface area contributed by atoms with E-state index in [9.17, 15) is 4.79 Å². The summed E-state index contributed by atoms with van der Waals surface area (Å²) in [4.78, 5) is 14.7. The van der Waals surface area contributed by atoms with Gasteiger partial charge in [0.1, 0.15) is 6.04 Å². The molecule has 0 bridgehead atoms. The van der Waals surface area contributed by atoms with Crippen LogP contribution in [0.3, 0.4) is 0 Å². The Morgan fingerprint density at radius 1 is 1.27 bits per heavy atom. The summed E-state index contributed by atoms with van der Waals surface area (Å²) in [5, 5.41) is 3.94. The monoisotopic (exact) mass is 312 g/mol. The van der Waals surface area contributed by atoms with Crippen LogP contribution < -0.4 is 10.2 Å². The van der Waals surface area contributed by atoms with Crippen molar-refractivity contribution in [2.24, 2.45) is 0 Å². The molecule has 1 atom stereocenters. The van der Waals surface area contributed by atoms with Gasteiger partial charge in [-0.3, -0.25) is 4.79 Å². The molecule has 22 heavy (non-hydrogen) atoms. The van der Waals surface area contributed by atoms with E-state index in [-0.39, 0.29) is 5.91 Å². The summed E-state index contributed by atoms with van der Waals surface area (Å²) >= 11 is 6.10. The number of hydrogen-bond acceptors (Lipinski definition) is 2. The van der Waals surface area contributed by atoms with Crippen molar-refractivity contribution in [1.29, 1.82) is 0 Å². The van der Waals surface area contributed by atoms with Crippen molar-refractivity contribution < 1.29 is 4.79 Å². The number of fused-ring (bicyclic) bond motifs is 1. The number of hydrogen-bond donors (Lipinski definition) is 1. The molecular weight excluding hydrogens is 296 g/mol. The van der Waals surface area contributed by atoms with Gasteiger partial charge in [0.2, 0.25) is 0 Å². The fourth-order valence-corrected chi connectivity index (χ4v) is 2.83. The number of benzene rings is 2. The maximum absolute atomic E-state index is 12.9. The van der Waals surface area contributed by atoms with Crippen LogP contribution in [0.5, 0.6) is 0 Å². The van der Waals surface area contributed by atoms with Gasteiger partial charge >= 0.3 is 0 Å². The fraction of sp³-hybridized carbons (Fsp3) is 0.167. The van der Waals surface area contributed by atoms with Gasteiger partial charge in [0.15, 0.2) is 0 Å². The minimum atomic E-state index is -0.411. The predicted molar refractivity (Wildman–Crippen MR) is 91.4 cm³/mol. The Kier molecular flexibility index (Phi) is 3.90. The van der Waals surface area contributed by atoms with E-state index < -0.39 is 6.04 Å². The number of amides is 1. The molecule has 1 unspecified atom stereocenters. The van der Waals surface area contributed by atoms with Gasteiger partial charge in [-0.1, -0.05) is 54.1 Å². The molecule has 1 aliphatic rings. The highest BCUT2D eigenvalue weighted by atomic mass is 35.5. The fourth-order valence-electron chi connectivity index (χ4n) is 2.66. The smallest absolute Gasteiger partial charge is 0.254 e. The molecule has 0 aliphatic carbocycles. The third-order valence-electron chi connectivity index (χ3n) is 3.62. The molecule has 4 heteroatoms. The van der Waals surface area contributed by atoms with Gasteiger partial charge < -0.3 is 10.2 Å². The topological polar surface area (TPSA) is 32.3 Å². The van der Waals surface area contributed by atoms with E-state index in [1.807, 2.05) is 49.4 Å². The average Bonchev–Trinajstić information content (AvgIpc) is 2.50. The molecule has 3 nitrogen and oxygen atoms in total. The highest BCUT2D eigenvalue weighted by Gasteiger charge is 2.33. The van der Waals surface area contributed by atoms with Crippen molar-refractivity contribution >= 4 is 28.9 Å². The van der Waals surface area contributed by atoms with Crippen molar-refractivity contribution in [2.45, 2.75) is 13.0 Å². The number of nitrogens with one attached hydrogen (secondary N) is 1. The molecule has 1 heterocycles. The van der Waals surface area contributed by atoms with Crippen LogP contribution in [0.25, 0.3) is 0 Å². The highest BCUT2D eigenvalue weighted by Crippen LogP contribution is 2.38. The SMILES string of the molecule is C=C(C)CN1C(=O)C(c2ccccc2)Nc2cc(Cl)ccc21. The molecule has 3 rings (SSSR count). The molecular formula is C18H17ClN2O. The van der Waals surface area contributed by atoms with E-state index in [4.69, 9.17) is 11.6 Å². The highest BCUT2D eigenvalue weighted by molar-refractivity contribution is 6.31. The molecule has 0 aromatic heterocycles. The minimum Gasteiger partial charge on any atom is -0.368 e. The Hall–Kier alpha value is -2.26. The van der Waals surface area contributed by atoms with E-state index in [1.165, 1.54) is 0 Å². The van der Waals surface area contributed by atoms with Crippen molar-refractivity contribution in [3.8, 4) is 0 Å². The Morgan fingerprint density at radius 3 is 2.68 bits per heavy atom. The zero-order chi connectivity index (χ0) is 15.7. The van der Waals surface area contributed by atoms with Crippen LogP contribution in [0.15, 0.2) is 60.7 Å². The van der Waals surface area contributed by atoms with Crippen LogP contribution >= 0.6 is 11.6 Å². The Balaban J connectivity index is 2.06. The molecule has 2 aromatic rings. The lowest BCUT2D eigenvalue weighted by Crippen LogP contribution is -2.43. The quantitative estimate of drug-likeness (QED) is 0.851. The van der Waals surface area contributed by atoms with Gasteiger partial charge in [0, 0.05) is 11.6 Å². The summed E-state index contributed by atoms with van der Waals surface area (Å²) in [5.74, 6) is 0.0176. The first-order valence-electron chi connectivity index (χ1n) is 7.13. The maximum Gasteiger partial charge on any atom is 0.254 e. The zero-order valence-corrected chi connectivity index (χ0v) is 13.1. The van der Waals surface area contributed by atoms with E-state index in [0.717, 1.165) is 22.5 Å². The summed E-state index contributed by atoms with van der Waals surface area (Å²) < 4.78 is 0. The van der Waals surface area contributed by atoms with Crippen LogP contribution in [-0.2, 0) is 4.79 Å². The van der Waals surface area contributed by atoms with Crippen LogP contribution in [0.1, 0.15) is 18.5 Å². The molecule has 112 valence electrons. The van der Waals surface area contributed by atoms with Gasteiger partial charge in [-0.05, 0) is 30.7 Å². The number of nitrogens with zero attached hydrogens (tertiary/aromatic N) is 1. The van der Waals surface area contributed by atoms with Crippen molar-refractivity contribution in [2.75, 3.05) is 16.8 Å². The molecule has 0 saturated carbocycles. The summed E-state index contributed by atoms with van der Waals surface area (Å²) in [6.45, 7) is 6.35. The summed E-state index contributed by atoms with van der Waals surface area (Å²) in [7, 11) is 0. The third-order valence-corrected chi connectivity index (χ3v) is 3.86. The molecule has 0 fully saturated rings. The van der Waals surface area contributed by atoms with E-state index in [0.29, 0.717) is 11.6 Å². The first-order chi connectivity index (χ1) is 10.6. The zero-order valence-electron chi connectivity index (χ0n) is 12.3. The van der Waals surface area contributed by atoms with Crippen molar-refractivity contribution in [1.82, 2.24) is 0 Å². The number of halogens is 1. The number of rotatable bonds is 3. The summed E-state index contributed by atoms with van der Waals surface area (Å²) in [5.41, 5.74) is 3.57. The van der Waals surface area contributed by atoms with Crippen LogP contribution in [0.2, 0.25) is 5.02 Å². The van der Waals surface area contributed by atoms with Crippen molar-refractivity contribution in [3.05, 3.63) is 71.3 Å². The van der Waals surface area contributed by atoms with E-state index >= 15 is 0 Å². The molecule has 0 spiro atoms. The lowest BCUT2D eigenvalue weighted by molar-refractivity contribution is -0.119. The summed E-state index contributed by atoms with van der Waals surface area (Å²) in [6, 6.07) is 14.8. The first kappa shape index (κ1) is 14.7. The normalized spacial score (nSPS) is 16.9. The summed E-state index contributed by atoms with van der Waals surface area (Å²) in [6.07, 6.45) is 0. The Morgan fingerprint density at radius 2 is 2.00 bits per heavy atom. The molecule has 1 N–H and O–H groups in total. The Bertz CT molecular complexity index is 727. The maximum atomic E-state index is 12.9. The predicted octanol–water partition coefficient (Wildman–Crippen LogP) is 4.42. The standard InChI is InChI=1S/C18H17ClN2O/c1-12(2)11-21-16-9-8-14(19)10-15(16)20-17(18(21)22)13-6-4-3-5-7-13/h3-10,17,20H,1,11H2,2H3. The van der Waals surface area contributed by atoms with Crippen LogP contribution in [0.4, 0.5) is 11.4 Å². The van der Waals surface area contributed by atoms with Crippen LogP contribution in [0, 0.1) is 0 Å². The number of carbonyl (C=O) groups excluding carboxylic acids is 1. The lowest BCUT2D eigenvalue weighted by Gasteiger charge is -2.35. The molecule has 0 radical (unpaired) electrons. The number of anilines is 2. The average molecular weight is 313 g/mol. The van der Waals surface area contributed by atoms with Gasteiger partial charge in [-0.25, -0.2) is 0 Å². The first-order valence-corrected chi connectivity index (χ1v) is 7.51. The second kappa shape index (κ2) is 5.85. The lowest BCUT2D eigenvalue weighted by atomic mass is 10.0. The van der Waals surface area contributed by atoms with Gasteiger partial charge in [0.05, 0.1) is 11.4 Å². The van der Waals surface area contributed by atoms with Gasteiger partial charge in [-0.2, -0.15) is 0 Å². The number of carbonyl (C=O) groups is 1. The molecule has 0 saturated heterocycles. The van der Waals surface area contributed by atoms with Crippen molar-refractivity contribution in [3.63, 3.8) is 0 Å². The molecule has 2 aromatic carbocycles. The van der Waals surface area contributed by atoms with Gasteiger partial charge in [0.25, 0.3) is 5.91 Å². The third kappa shape index (κ3) is 2.72. The van der Waals surface area contributed by atoms with Gasteiger partial charge in [-0.15, -0.1) is 0 Å². The molecule has 1 amide bonds. The molecule has 1 aliphatic heterocycles. The second-order valence-electron chi connectivity index (χ2n) is 5.53. The van der Waals surface area contributed by atoms with Crippen LogP contribution in [-0.4, -0.2) is 12.5 Å². The van der Waals surface area contributed by atoms with E-state index in [1.54, 1.807) is 11.0 Å². The second-order valence-corrected chi connectivity index (χ2v) is 5.97. The Labute approximate surface area is 135 Å². The minimum absolute atomic E-state index is 0.0176.